The SMILES string of the molecule is CC(C)(C)OC(=O)NC1CCN(C(C(N)=O)C2CCNCC2)CC1. The molecule has 2 amide bonds. The largest absolute Gasteiger partial charge is 0.444 e. The number of carbonyl (C=O) groups excluding carboxylic acids is 2. The van der Waals surface area contributed by atoms with Crippen LogP contribution in [0.5, 0.6) is 0 Å². The van der Waals surface area contributed by atoms with Gasteiger partial charge in [0.2, 0.25) is 5.91 Å². The summed E-state index contributed by atoms with van der Waals surface area (Å²) in [7, 11) is 0. The number of hydrogen-bond donors (Lipinski definition) is 3. The molecular formula is C17H32N4O3. The Hall–Kier alpha value is -1.34. The van der Waals surface area contributed by atoms with E-state index in [2.05, 4.69) is 15.5 Å². The summed E-state index contributed by atoms with van der Waals surface area (Å²) in [5, 5.41) is 6.26. The van der Waals surface area contributed by atoms with Gasteiger partial charge < -0.3 is 21.1 Å². The highest BCUT2D eigenvalue weighted by atomic mass is 16.6. The fourth-order valence-electron chi connectivity index (χ4n) is 3.67. The molecule has 1 unspecified atom stereocenters. The topological polar surface area (TPSA) is 96.7 Å². The van der Waals surface area contributed by atoms with E-state index in [4.69, 9.17) is 10.5 Å². The molecule has 0 aromatic carbocycles. The van der Waals surface area contributed by atoms with E-state index in [9.17, 15) is 9.59 Å². The van der Waals surface area contributed by atoms with Crippen LogP contribution in [0.25, 0.3) is 0 Å². The molecule has 2 heterocycles. The predicted molar refractivity (Wildman–Crippen MR) is 92.5 cm³/mol. The smallest absolute Gasteiger partial charge is 0.407 e. The molecule has 2 aliphatic heterocycles. The van der Waals surface area contributed by atoms with Gasteiger partial charge in [-0.1, -0.05) is 0 Å². The second-order valence-corrected chi connectivity index (χ2v) is 7.89. The molecule has 0 radical (unpaired) electrons. The van der Waals surface area contributed by atoms with E-state index < -0.39 is 5.60 Å². The van der Waals surface area contributed by atoms with Crippen molar-refractivity contribution in [2.45, 2.75) is 64.1 Å². The number of hydrogen-bond acceptors (Lipinski definition) is 5. The number of nitrogens with two attached hydrogens (primary N) is 1. The molecule has 2 aliphatic rings. The van der Waals surface area contributed by atoms with E-state index >= 15 is 0 Å². The number of nitrogens with one attached hydrogen (secondary N) is 2. The van der Waals surface area contributed by atoms with Crippen molar-refractivity contribution in [3.63, 3.8) is 0 Å². The number of nitrogens with zero attached hydrogens (tertiary/aromatic N) is 1. The summed E-state index contributed by atoms with van der Waals surface area (Å²) in [6.45, 7) is 9.01. The monoisotopic (exact) mass is 340 g/mol. The summed E-state index contributed by atoms with van der Waals surface area (Å²) in [6.07, 6.45) is 3.24. The minimum atomic E-state index is -0.489. The minimum Gasteiger partial charge on any atom is -0.444 e. The molecule has 2 rings (SSSR count). The molecule has 0 aliphatic carbocycles. The summed E-state index contributed by atoms with van der Waals surface area (Å²) in [4.78, 5) is 26.1. The van der Waals surface area contributed by atoms with E-state index in [-0.39, 0.29) is 24.1 Å². The van der Waals surface area contributed by atoms with Crippen LogP contribution in [0.1, 0.15) is 46.5 Å². The summed E-state index contributed by atoms with van der Waals surface area (Å²) in [5.41, 5.74) is 5.20. The van der Waals surface area contributed by atoms with Crippen molar-refractivity contribution in [2.75, 3.05) is 26.2 Å². The number of alkyl carbamates (subject to hydrolysis) is 1. The highest BCUT2D eigenvalue weighted by Crippen LogP contribution is 2.24. The zero-order chi connectivity index (χ0) is 17.7. The van der Waals surface area contributed by atoms with Gasteiger partial charge in [0.25, 0.3) is 0 Å². The van der Waals surface area contributed by atoms with Gasteiger partial charge in [-0.25, -0.2) is 4.79 Å². The Morgan fingerprint density at radius 3 is 2.25 bits per heavy atom. The van der Waals surface area contributed by atoms with Gasteiger partial charge >= 0.3 is 6.09 Å². The van der Waals surface area contributed by atoms with Crippen LogP contribution < -0.4 is 16.4 Å². The third kappa shape index (κ3) is 5.63. The first-order valence-electron chi connectivity index (χ1n) is 9.00. The quantitative estimate of drug-likeness (QED) is 0.704. The van der Waals surface area contributed by atoms with E-state index in [0.717, 1.165) is 51.9 Å². The first-order chi connectivity index (χ1) is 11.3. The lowest BCUT2D eigenvalue weighted by molar-refractivity contribution is -0.126. The number of piperidine rings is 2. The summed E-state index contributed by atoms with van der Waals surface area (Å²) >= 11 is 0. The molecule has 24 heavy (non-hydrogen) atoms. The van der Waals surface area contributed by atoms with Crippen LogP contribution in [-0.4, -0.2) is 60.8 Å². The highest BCUT2D eigenvalue weighted by Gasteiger charge is 2.35. The van der Waals surface area contributed by atoms with Crippen molar-refractivity contribution in [3.05, 3.63) is 0 Å². The van der Waals surface area contributed by atoms with Crippen molar-refractivity contribution >= 4 is 12.0 Å². The zero-order valence-electron chi connectivity index (χ0n) is 15.1. The Kier molecular flexibility index (Phi) is 6.46. The third-order valence-electron chi connectivity index (χ3n) is 4.77. The molecule has 138 valence electrons. The van der Waals surface area contributed by atoms with Crippen molar-refractivity contribution in [2.24, 2.45) is 11.7 Å². The number of amides is 2. The second kappa shape index (κ2) is 8.16. The Labute approximate surface area is 144 Å². The van der Waals surface area contributed by atoms with Crippen LogP contribution in [0.2, 0.25) is 0 Å². The van der Waals surface area contributed by atoms with Crippen LogP contribution in [0, 0.1) is 5.92 Å². The van der Waals surface area contributed by atoms with Gasteiger partial charge in [0.15, 0.2) is 0 Å². The normalized spacial score (nSPS) is 22.8. The molecule has 0 aromatic rings. The number of primary amides is 1. The lowest BCUT2D eigenvalue weighted by Gasteiger charge is -2.40. The Morgan fingerprint density at radius 2 is 1.75 bits per heavy atom. The van der Waals surface area contributed by atoms with Crippen LogP contribution in [0.3, 0.4) is 0 Å². The van der Waals surface area contributed by atoms with E-state index in [1.165, 1.54) is 0 Å². The zero-order valence-corrected chi connectivity index (χ0v) is 15.1. The van der Waals surface area contributed by atoms with Crippen LogP contribution in [-0.2, 0) is 9.53 Å². The predicted octanol–water partition coefficient (Wildman–Crippen LogP) is 0.829. The molecule has 0 spiro atoms. The molecule has 0 saturated carbocycles. The van der Waals surface area contributed by atoms with Crippen LogP contribution in [0.15, 0.2) is 0 Å². The molecule has 4 N–H and O–H groups in total. The van der Waals surface area contributed by atoms with Gasteiger partial charge in [0.1, 0.15) is 5.60 Å². The molecule has 7 nitrogen and oxygen atoms in total. The summed E-state index contributed by atoms with van der Waals surface area (Å²) in [5.74, 6) is 0.111. The Bertz CT molecular complexity index is 436. The Morgan fingerprint density at radius 1 is 1.17 bits per heavy atom. The average Bonchev–Trinajstić information content (AvgIpc) is 2.48. The van der Waals surface area contributed by atoms with Crippen molar-refractivity contribution < 1.29 is 14.3 Å². The van der Waals surface area contributed by atoms with Gasteiger partial charge in [0.05, 0.1) is 6.04 Å². The van der Waals surface area contributed by atoms with E-state index in [1.807, 2.05) is 20.8 Å². The van der Waals surface area contributed by atoms with Gasteiger partial charge in [-0.2, -0.15) is 0 Å². The number of carbonyl (C=O) groups is 2. The van der Waals surface area contributed by atoms with Crippen LogP contribution >= 0.6 is 0 Å². The molecule has 1 atom stereocenters. The summed E-state index contributed by atoms with van der Waals surface area (Å²) < 4.78 is 5.30. The van der Waals surface area contributed by atoms with Gasteiger partial charge in [-0.05, 0) is 65.5 Å². The average molecular weight is 340 g/mol. The maximum absolute atomic E-state index is 12.0. The maximum atomic E-state index is 12.0. The lowest BCUT2D eigenvalue weighted by Crippen LogP contribution is -2.56. The molecule has 0 aromatic heterocycles. The maximum Gasteiger partial charge on any atom is 0.407 e. The number of likely N-dealkylation sites (tertiary alicyclic amines) is 1. The first kappa shape index (κ1) is 19.0. The molecular weight excluding hydrogens is 308 g/mol. The molecule has 2 saturated heterocycles. The summed E-state index contributed by atoms with van der Waals surface area (Å²) in [6, 6.07) is -0.0905. The molecule has 0 bridgehead atoms. The number of rotatable bonds is 4. The second-order valence-electron chi connectivity index (χ2n) is 7.89. The Balaban J connectivity index is 1.84. The van der Waals surface area contributed by atoms with Crippen molar-refractivity contribution in [3.8, 4) is 0 Å². The van der Waals surface area contributed by atoms with Crippen molar-refractivity contribution in [1.82, 2.24) is 15.5 Å². The number of ether oxygens (including phenoxy) is 1. The molecule has 7 heteroatoms. The van der Waals surface area contributed by atoms with Crippen LogP contribution in [0.4, 0.5) is 4.79 Å². The standard InChI is InChI=1S/C17H32N4O3/c1-17(2,3)24-16(23)20-13-6-10-21(11-7-13)14(15(18)22)12-4-8-19-9-5-12/h12-14,19H,4-11H2,1-3H3,(H2,18,22)(H,20,23). The highest BCUT2D eigenvalue weighted by molar-refractivity contribution is 5.80. The van der Waals surface area contributed by atoms with Gasteiger partial charge in [-0.15, -0.1) is 0 Å². The van der Waals surface area contributed by atoms with E-state index in [1.54, 1.807) is 0 Å². The first-order valence-corrected chi connectivity index (χ1v) is 9.00. The lowest BCUT2D eigenvalue weighted by atomic mass is 9.87. The minimum absolute atomic E-state index is 0.0950. The van der Waals surface area contributed by atoms with E-state index in [0.29, 0.717) is 5.92 Å². The fraction of sp³-hybridized carbons (Fsp3) is 0.882. The van der Waals surface area contributed by atoms with Gasteiger partial charge in [0, 0.05) is 19.1 Å². The third-order valence-corrected chi connectivity index (χ3v) is 4.77. The van der Waals surface area contributed by atoms with Crippen molar-refractivity contribution in [1.29, 1.82) is 0 Å². The van der Waals surface area contributed by atoms with Gasteiger partial charge in [-0.3, -0.25) is 9.69 Å². The molecule has 2 fully saturated rings. The fourth-order valence-corrected chi connectivity index (χ4v) is 3.67.